The lowest BCUT2D eigenvalue weighted by Gasteiger charge is -2.17. The maximum atomic E-state index is 6.19. The minimum atomic E-state index is 0.0367. The van der Waals surface area contributed by atoms with E-state index in [1.165, 1.54) is 0 Å². The topological polar surface area (TPSA) is 24.9 Å². The molecular formula is C14H13Cl3N2. The van der Waals surface area contributed by atoms with Gasteiger partial charge in [-0.15, -0.1) is 0 Å². The van der Waals surface area contributed by atoms with Gasteiger partial charge in [0.2, 0.25) is 0 Å². The summed E-state index contributed by atoms with van der Waals surface area (Å²) < 4.78 is 0. The average Bonchev–Trinajstić information content (AvgIpc) is 2.40. The van der Waals surface area contributed by atoms with Gasteiger partial charge in [0.15, 0.2) is 0 Å². The van der Waals surface area contributed by atoms with Crippen LogP contribution in [0.3, 0.4) is 0 Å². The van der Waals surface area contributed by atoms with Crippen molar-refractivity contribution < 1.29 is 0 Å². The van der Waals surface area contributed by atoms with E-state index in [4.69, 9.17) is 34.8 Å². The van der Waals surface area contributed by atoms with E-state index in [0.717, 1.165) is 11.3 Å². The molecule has 0 aliphatic rings. The summed E-state index contributed by atoms with van der Waals surface area (Å²) in [7, 11) is 1.88. The van der Waals surface area contributed by atoms with Crippen LogP contribution in [0.25, 0.3) is 0 Å². The highest BCUT2D eigenvalue weighted by atomic mass is 35.5. The Morgan fingerprint density at radius 3 is 2.32 bits per heavy atom. The van der Waals surface area contributed by atoms with Crippen molar-refractivity contribution in [2.24, 2.45) is 0 Å². The molecule has 1 aromatic carbocycles. The van der Waals surface area contributed by atoms with Crippen LogP contribution in [0.4, 0.5) is 0 Å². The molecule has 0 radical (unpaired) electrons. The predicted molar refractivity (Wildman–Crippen MR) is 81.2 cm³/mol. The minimum Gasteiger partial charge on any atom is -0.311 e. The van der Waals surface area contributed by atoms with E-state index < -0.39 is 0 Å². The predicted octanol–water partition coefficient (Wildman–Crippen LogP) is 4.55. The number of aromatic nitrogens is 1. The smallest absolute Gasteiger partial charge is 0.0589 e. The van der Waals surface area contributed by atoms with Gasteiger partial charge >= 0.3 is 0 Å². The van der Waals surface area contributed by atoms with Gasteiger partial charge in [0.1, 0.15) is 0 Å². The molecule has 1 N–H and O–H groups in total. The first-order chi connectivity index (χ1) is 9.11. The fraction of sp³-hybridized carbons (Fsp3) is 0.214. The fourth-order valence-electron chi connectivity index (χ4n) is 1.88. The highest BCUT2D eigenvalue weighted by Crippen LogP contribution is 2.28. The summed E-state index contributed by atoms with van der Waals surface area (Å²) in [6, 6.07) is 9.27. The van der Waals surface area contributed by atoms with Crippen LogP contribution in [0, 0.1) is 0 Å². The summed E-state index contributed by atoms with van der Waals surface area (Å²) in [6.45, 7) is 0. The minimum absolute atomic E-state index is 0.0367. The van der Waals surface area contributed by atoms with Crippen molar-refractivity contribution >= 4 is 34.8 Å². The van der Waals surface area contributed by atoms with Gasteiger partial charge in [0.05, 0.1) is 16.8 Å². The summed E-state index contributed by atoms with van der Waals surface area (Å²) in [6.07, 6.45) is 2.30. The molecule has 1 unspecified atom stereocenters. The summed E-state index contributed by atoms with van der Waals surface area (Å²) >= 11 is 18.2. The second-order valence-electron chi connectivity index (χ2n) is 4.15. The van der Waals surface area contributed by atoms with E-state index in [9.17, 15) is 0 Å². The number of nitrogens with one attached hydrogen (secondary N) is 1. The van der Waals surface area contributed by atoms with Crippen LogP contribution in [0.2, 0.25) is 15.1 Å². The maximum absolute atomic E-state index is 6.19. The third kappa shape index (κ3) is 3.61. The fourth-order valence-corrected chi connectivity index (χ4v) is 2.54. The van der Waals surface area contributed by atoms with E-state index in [-0.39, 0.29) is 6.04 Å². The first kappa shape index (κ1) is 14.6. The number of rotatable bonds is 4. The van der Waals surface area contributed by atoms with Crippen molar-refractivity contribution in [3.63, 3.8) is 0 Å². The van der Waals surface area contributed by atoms with Gasteiger partial charge in [-0.1, -0.05) is 40.9 Å². The quantitative estimate of drug-likeness (QED) is 0.895. The average molecular weight is 316 g/mol. The molecule has 0 fully saturated rings. The maximum Gasteiger partial charge on any atom is 0.0589 e. The van der Waals surface area contributed by atoms with Crippen molar-refractivity contribution in [1.29, 1.82) is 0 Å². The van der Waals surface area contributed by atoms with Gasteiger partial charge in [-0.2, -0.15) is 0 Å². The second kappa shape index (κ2) is 6.58. The van der Waals surface area contributed by atoms with Gasteiger partial charge in [0.25, 0.3) is 0 Å². The molecular weight excluding hydrogens is 303 g/mol. The molecule has 0 bridgehead atoms. The van der Waals surface area contributed by atoms with Gasteiger partial charge in [-0.25, -0.2) is 0 Å². The van der Waals surface area contributed by atoms with Crippen LogP contribution in [-0.4, -0.2) is 12.0 Å². The molecule has 2 rings (SSSR count). The van der Waals surface area contributed by atoms with E-state index in [1.54, 1.807) is 6.20 Å². The zero-order valence-electron chi connectivity index (χ0n) is 10.3. The molecule has 1 aromatic heterocycles. The summed E-state index contributed by atoms with van der Waals surface area (Å²) in [5, 5.41) is 5.17. The molecule has 0 amide bonds. The molecule has 0 saturated carbocycles. The van der Waals surface area contributed by atoms with Crippen LogP contribution in [0.1, 0.15) is 17.3 Å². The number of nitrogens with zero attached hydrogens (tertiary/aromatic N) is 1. The first-order valence-electron chi connectivity index (χ1n) is 5.83. The molecule has 5 heteroatoms. The molecule has 2 aromatic rings. The Morgan fingerprint density at radius 1 is 1.11 bits per heavy atom. The zero-order valence-corrected chi connectivity index (χ0v) is 12.6. The Balaban J connectivity index is 2.26. The number of likely N-dealkylation sites (N-methyl/N-ethyl adjacent to an activating group) is 1. The van der Waals surface area contributed by atoms with E-state index in [1.807, 2.05) is 37.4 Å². The molecule has 0 aliphatic carbocycles. The Morgan fingerprint density at radius 2 is 1.79 bits per heavy atom. The van der Waals surface area contributed by atoms with Crippen molar-refractivity contribution in [2.45, 2.75) is 12.5 Å². The molecule has 100 valence electrons. The molecule has 0 aliphatic heterocycles. The van der Waals surface area contributed by atoms with E-state index in [0.29, 0.717) is 21.5 Å². The van der Waals surface area contributed by atoms with Crippen LogP contribution >= 0.6 is 34.8 Å². The number of halogens is 3. The summed E-state index contributed by atoms with van der Waals surface area (Å²) in [4.78, 5) is 4.32. The molecule has 0 spiro atoms. The Hall–Kier alpha value is -0.800. The van der Waals surface area contributed by atoms with Crippen LogP contribution < -0.4 is 5.32 Å². The molecule has 0 saturated heterocycles. The van der Waals surface area contributed by atoms with Gasteiger partial charge in [0, 0.05) is 16.2 Å². The summed E-state index contributed by atoms with van der Waals surface area (Å²) in [5.41, 5.74) is 1.82. The number of pyridine rings is 1. The molecule has 1 heterocycles. The molecule has 19 heavy (non-hydrogen) atoms. The summed E-state index contributed by atoms with van der Waals surface area (Å²) in [5.74, 6) is 0. The van der Waals surface area contributed by atoms with Crippen molar-refractivity contribution in [3.05, 3.63) is 62.9 Å². The third-order valence-electron chi connectivity index (χ3n) is 2.93. The highest BCUT2D eigenvalue weighted by molar-refractivity contribution is 6.36. The number of hydrogen-bond donors (Lipinski definition) is 1. The Bertz CT molecular complexity index is 535. The molecule has 2 nitrogen and oxygen atoms in total. The van der Waals surface area contributed by atoms with Crippen LogP contribution in [0.5, 0.6) is 0 Å². The lowest BCUT2D eigenvalue weighted by Crippen LogP contribution is -2.20. The number of benzene rings is 1. The normalized spacial score (nSPS) is 12.4. The lowest BCUT2D eigenvalue weighted by atomic mass is 10.0. The van der Waals surface area contributed by atoms with Gasteiger partial charge < -0.3 is 5.32 Å². The second-order valence-corrected chi connectivity index (χ2v) is 5.40. The third-order valence-corrected chi connectivity index (χ3v) is 3.86. The van der Waals surface area contributed by atoms with Gasteiger partial charge in [-0.3, -0.25) is 4.98 Å². The van der Waals surface area contributed by atoms with Gasteiger partial charge in [-0.05, 0) is 43.3 Å². The molecule has 1 atom stereocenters. The number of hydrogen-bond acceptors (Lipinski definition) is 2. The lowest BCUT2D eigenvalue weighted by molar-refractivity contribution is 0.576. The monoisotopic (exact) mass is 314 g/mol. The largest absolute Gasteiger partial charge is 0.311 e. The Kier molecular flexibility index (Phi) is 5.06. The van der Waals surface area contributed by atoms with Crippen molar-refractivity contribution in [3.8, 4) is 0 Å². The Labute approximate surface area is 127 Å². The van der Waals surface area contributed by atoms with E-state index >= 15 is 0 Å². The zero-order chi connectivity index (χ0) is 13.8. The van der Waals surface area contributed by atoms with E-state index in [2.05, 4.69) is 10.3 Å². The van der Waals surface area contributed by atoms with Crippen LogP contribution in [0.15, 0.2) is 36.5 Å². The highest BCUT2D eigenvalue weighted by Gasteiger charge is 2.15. The SMILES string of the molecule is CNC(Cc1c(Cl)cccc1Cl)c1ccc(Cl)cn1. The van der Waals surface area contributed by atoms with Crippen LogP contribution in [-0.2, 0) is 6.42 Å². The first-order valence-corrected chi connectivity index (χ1v) is 6.97. The van der Waals surface area contributed by atoms with Crippen molar-refractivity contribution in [2.75, 3.05) is 7.05 Å². The van der Waals surface area contributed by atoms with Crippen molar-refractivity contribution in [1.82, 2.24) is 10.3 Å². The standard InChI is InChI=1S/C14H13Cl3N2/c1-18-14(13-6-5-9(15)8-19-13)7-10-11(16)3-2-4-12(10)17/h2-6,8,14,18H,7H2,1H3.